The van der Waals surface area contributed by atoms with Crippen molar-refractivity contribution in [2.45, 2.75) is 25.1 Å². The summed E-state index contributed by atoms with van der Waals surface area (Å²) in [4.78, 5) is 4.06. The number of hydrogen-bond donors (Lipinski definition) is 1. The first-order valence-corrected chi connectivity index (χ1v) is 6.47. The van der Waals surface area contributed by atoms with Gasteiger partial charge in [-0.05, 0) is 26.6 Å². The van der Waals surface area contributed by atoms with Crippen molar-refractivity contribution >= 4 is 0 Å². The molecule has 1 saturated heterocycles. The number of nitrogens with zero attached hydrogens (tertiary/aromatic N) is 2. The van der Waals surface area contributed by atoms with E-state index in [1.165, 1.54) is 6.07 Å². The highest BCUT2D eigenvalue weighted by Crippen LogP contribution is 2.22. The summed E-state index contributed by atoms with van der Waals surface area (Å²) >= 11 is 0. The van der Waals surface area contributed by atoms with Crippen LogP contribution in [0, 0.1) is 11.6 Å². The predicted octanol–water partition coefficient (Wildman–Crippen LogP) is 1.46. The minimum atomic E-state index is -0.818. The molecule has 0 spiro atoms. The standard InChI is InChI=1S/C14H20F2N2O/c1-17(2)8-11-6-12(19)9-18(11)7-10-4-3-5-13(15)14(10)16/h3-5,11-12,19H,6-9H2,1-2H3. The van der Waals surface area contributed by atoms with Gasteiger partial charge in [-0.25, -0.2) is 8.78 Å². The number of β-amino-alcohol motifs (C(OH)–C–C–N with tert-alkyl or cyclic N) is 1. The van der Waals surface area contributed by atoms with Gasteiger partial charge in [-0.3, -0.25) is 4.90 Å². The second-order valence-electron chi connectivity index (χ2n) is 5.45. The van der Waals surface area contributed by atoms with E-state index in [0.29, 0.717) is 25.1 Å². The molecule has 2 rings (SSSR count). The van der Waals surface area contributed by atoms with Gasteiger partial charge in [0.05, 0.1) is 6.10 Å². The summed E-state index contributed by atoms with van der Waals surface area (Å²) in [5.41, 5.74) is 0.345. The molecule has 19 heavy (non-hydrogen) atoms. The predicted molar refractivity (Wildman–Crippen MR) is 69.7 cm³/mol. The summed E-state index contributed by atoms with van der Waals surface area (Å²) < 4.78 is 26.9. The van der Waals surface area contributed by atoms with Crippen LogP contribution >= 0.6 is 0 Å². The SMILES string of the molecule is CN(C)CC1CC(O)CN1Cc1cccc(F)c1F. The molecular formula is C14H20F2N2O. The zero-order valence-electron chi connectivity index (χ0n) is 11.3. The van der Waals surface area contributed by atoms with E-state index in [4.69, 9.17) is 0 Å². The Bertz CT molecular complexity index is 439. The average molecular weight is 270 g/mol. The molecule has 3 nitrogen and oxygen atoms in total. The number of likely N-dealkylation sites (N-methyl/N-ethyl adjacent to an activating group) is 1. The number of halogens is 2. The lowest BCUT2D eigenvalue weighted by atomic mass is 10.1. The molecule has 0 aromatic heterocycles. The second kappa shape index (κ2) is 5.94. The van der Waals surface area contributed by atoms with Crippen molar-refractivity contribution in [1.29, 1.82) is 0 Å². The van der Waals surface area contributed by atoms with E-state index in [1.54, 1.807) is 6.07 Å². The molecule has 0 aliphatic carbocycles. The van der Waals surface area contributed by atoms with Gasteiger partial charge in [0.15, 0.2) is 11.6 Å². The van der Waals surface area contributed by atoms with Crippen molar-refractivity contribution in [3.63, 3.8) is 0 Å². The van der Waals surface area contributed by atoms with Crippen LogP contribution in [0.25, 0.3) is 0 Å². The number of hydrogen-bond acceptors (Lipinski definition) is 3. The molecule has 1 fully saturated rings. The van der Waals surface area contributed by atoms with Gasteiger partial charge in [0.2, 0.25) is 0 Å². The fourth-order valence-electron chi connectivity index (χ4n) is 2.65. The van der Waals surface area contributed by atoms with Gasteiger partial charge >= 0.3 is 0 Å². The molecule has 0 amide bonds. The minimum absolute atomic E-state index is 0.174. The van der Waals surface area contributed by atoms with Crippen molar-refractivity contribution in [2.24, 2.45) is 0 Å². The van der Waals surface area contributed by atoms with Crippen LogP contribution in [-0.2, 0) is 6.54 Å². The van der Waals surface area contributed by atoms with Crippen molar-refractivity contribution in [3.8, 4) is 0 Å². The summed E-state index contributed by atoms with van der Waals surface area (Å²) in [6.07, 6.45) is 0.288. The van der Waals surface area contributed by atoms with Gasteiger partial charge in [-0.15, -0.1) is 0 Å². The van der Waals surface area contributed by atoms with Crippen molar-refractivity contribution in [2.75, 3.05) is 27.2 Å². The van der Waals surface area contributed by atoms with E-state index in [2.05, 4.69) is 0 Å². The number of rotatable bonds is 4. The Hall–Kier alpha value is -1.04. The van der Waals surface area contributed by atoms with Gasteiger partial charge in [0.1, 0.15) is 0 Å². The smallest absolute Gasteiger partial charge is 0.163 e. The first-order valence-electron chi connectivity index (χ1n) is 6.47. The molecule has 1 aliphatic rings. The van der Waals surface area contributed by atoms with E-state index in [-0.39, 0.29) is 12.1 Å². The van der Waals surface area contributed by atoms with Crippen molar-refractivity contribution in [3.05, 3.63) is 35.4 Å². The summed E-state index contributed by atoms with van der Waals surface area (Å²) in [6.45, 7) is 1.64. The van der Waals surface area contributed by atoms with Crippen LogP contribution in [0.15, 0.2) is 18.2 Å². The van der Waals surface area contributed by atoms with Gasteiger partial charge in [-0.2, -0.15) is 0 Å². The van der Waals surface area contributed by atoms with Crippen molar-refractivity contribution in [1.82, 2.24) is 9.80 Å². The Balaban J connectivity index is 2.10. The van der Waals surface area contributed by atoms with Crippen LogP contribution in [0.5, 0.6) is 0 Å². The van der Waals surface area contributed by atoms with Gasteiger partial charge in [0.25, 0.3) is 0 Å². The Labute approximate surface area is 112 Å². The second-order valence-corrected chi connectivity index (χ2v) is 5.45. The summed E-state index contributed by atoms with van der Waals surface area (Å²) in [5, 5.41) is 9.76. The van der Waals surface area contributed by atoms with Crippen LogP contribution in [0.4, 0.5) is 8.78 Å². The lowest BCUT2D eigenvalue weighted by Crippen LogP contribution is -2.37. The van der Waals surface area contributed by atoms with Gasteiger partial charge in [-0.1, -0.05) is 12.1 Å². The highest BCUT2D eigenvalue weighted by atomic mass is 19.2. The number of benzene rings is 1. The zero-order valence-corrected chi connectivity index (χ0v) is 11.3. The fourth-order valence-corrected chi connectivity index (χ4v) is 2.65. The third-order valence-corrected chi connectivity index (χ3v) is 3.49. The Kier molecular flexibility index (Phi) is 4.50. The van der Waals surface area contributed by atoms with E-state index in [9.17, 15) is 13.9 Å². The molecule has 0 saturated carbocycles. The van der Waals surface area contributed by atoms with Crippen LogP contribution in [0.3, 0.4) is 0 Å². The van der Waals surface area contributed by atoms with Crippen molar-refractivity contribution < 1.29 is 13.9 Å². The molecule has 2 unspecified atom stereocenters. The Morgan fingerprint density at radius 2 is 2.11 bits per heavy atom. The first kappa shape index (κ1) is 14.4. The fraction of sp³-hybridized carbons (Fsp3) is 0.571. The van der Waals surface area contributed by atoms with E-state index < -0.39 is 11.6 Å². The largest absolute Gasteiger partial charge is 0.392 e. The Morgan fingerprint density at radius 1 is 1.37 bits per heavy atom. The van der Waals surface area contributed by atoms with E-state index in [1.807, 2.05) is 23.9 Å². The van der Waals surface area contributed by atoms with Gasteiger partial charge in [0, 0.05) is 31.2 Å². The highest BCUT2D eigenvalue weighted by Gasteiger charge is 2.31. The molecule has 1 heterocycles. The minimum Gasteiger partial charge on any atom is -0.392 e. The summed E-state index contributed by atoms with van der Waals surface area (Å²) in [5.74, 6) is -1.60. The summed E-state index contributed by atoms with van der Waals surface area (Å²) in [6, 6.07) is 4.40. The third kappa shape index (κ3) is 3.49. The molecule has 5 heteroatoms. The lowest BCUT2D eigenvalue weighted by Gasteiger charge is -2.26. The Morgan fingerprint density at radius 3 is 2.79 bits per heavy atom. The van der Waals surface area contributed by atoms with E-state index >= 15 is 0 Å². The van der Waals surface area contributed by atoms with Crippen LogP contribution in [0.2, 0.25) is 0 Å². The normalized spacial score (nSPS) is 24.3. The highest BCUT2D eigenvalue weighted by molar-refractivity contribution is 5.19. The topological polar surface area (TPSA) is 26.7 Å². The number of aliphatic hydroxyl groups excluding tert-OH is 1. The molecule has 1 aromatic carbocycles. The zero-order chi connectivity index (χ0) is 14.0. The third-order valence-electron chi connectivity index (χ3n) is 3.49. The summed E-state index contributed by atoms with van der Waals surface area (Å²) in [7, 11) is 3.93. The lowest BCUT2D eigenvalue weighted by molar-refractivity contribution is 0.168. The molecule has 2 atom stereocenters. The molecule has 1 N–H and O–H groups in total. The van der Waals surface area contributed by atoms with Crippen LogP contribution in [0.1, 0.15) is 12.0 Å². The maximum atomic E-state index is 13.7. The maximum Gasteiger partial charge on any atom is 0.163 e. The van der Waals surface area contributed by atoms with Crippen LogP contribution < -0.4 is 0 Å². The molecule has 0 radical (unpaired) electrons. The average Bonchev–Trinajstić information content (AvgIpc) is 2.64. The van der Waals surface area contributed by atoms with E-state index in [0.717, 1.165) is 12.6 Å². The monoisotopic (exact) mass is 270 g/mol. The first-order chi connectivity index (χ1) is 8.97. The molecule has 1 aromatic rings. The van der Waals surface area contributed by atoms with Crippen LogP contribution in [-0.4, -0.2) is 54.2 Å². The molecule has 1 aliphatic heterocycles. The van der Waals surface area contributed by atoms with Gasteiger partial charge < -0.3 is 10.0 Å². The molecular weight excluding hydrogens is 250 g/mol. The molecule has 106 valence electrons. The number of likely N-dealkylation sites (tertiary alicyclic amines) is 1. The molecule has 0 bridgehead atoms. The number of aliphatic hydroxyl groups is 1. The quantitative estimate of drug-likeness (QED) is 0.897. The maximum absolute atomic E-state index is 13.7.